The first-order chi connectivity index (χ1) is 11.0. The Morgan fingerprint density at radius 1 is 1.22 bits per heavy atom. The molecule has 0 aromatic heterocycles. The first-order valence-corrected chi connectivity index (χ1v) is 7.44. The fourth-order valence-electron chi connectivity index (χ4n) is 2.51. The number of carbonyl (C=O) groups excluding carboxylic acids is 1. The van der Waals surface area contributed by atoms with E-state index >= 15 is 0 Å². The maximum atomic E-state index is 12.3. The quantitative estimate of drug-likeness (QED) is 0.909. The van der Waals surface area contributed by atoms with Gasteiger partial charge >= 0.3 is 0 Å². The summed E-state index contributed by atoms with van der Waals surface area (Å²) in [6.45, 7) is 3.82. The van der Waals surface area contributed by atoms with Gasteiger partial charge in [-0.05, 0) is 43.2 Å². The molecule has 2 aromatic carbocycles. The molecule has 5 heteroatoms. The Bertz CT molecular complexity index is 740. The molecule has 1 aliphatic rings. The minimum atomic E-state index is -1.21. The number of hydrogen-bond donors (Lipinski definition) is 2. The molecule has 0 saturated carbocycles. The third-order valence-electron chi connectivity index (χ3n) is 3.98. The van der Waals surface area contributed by atoms with Gasteiger partial charge < -0.3 is 19.9 Å². The molecule has 1 atom stereocenters. The van der Waals surface area contributed by atoms with Crippen molar-refractivity contribution < 1.29 is 19.4 Å². The van der Waals surface area contributed by atoms with Crippen LogP contribution in [0.15, 0.2) is 42.5 Å². The summed E-state index contributed by atoms with van der Waals surface area (Å²) in [7, 11) is 0. The van der Waals surface area contributed by atoms with Gasteiger partial charge in [-0.3, -0.25) is 4.79 Å². The van der Waals surface area contributed by atoms with Crippen molar-refractivity contribution in [2.24, 2.45) is 0 Å². The second-order valence-electron chi connectivity index (χ2n) is 5.84. The van der Waals surface area contributed by atoms with E-state index in [-0.39, 0.29) is 19.2 Å². The van der Waals surface area contributed by atoms with E-state index in [1.165, 1.54) is 0 Å². The maximum Gasteiger partial charge on any atom is 0.251 e. The predicted octanol–water partition coefficient (Wildman–Crippen LogP) is 2.36. The van der Waals surface area contributed by atoms with Crippen LogP contribution >= 0.6 is 0 Å². The van der Waals surface area contributed by atoms with Crippen LogP contribution in [0, 0.1) is 6.92 Å². The minimum Gasteiger partial charge on any atom is -0.454 e. The van der Waals surface area contributed by atoms with E-state index in [1.54, 1.807) is 31.2 Å². The van der Waals surface area contributed by atoms with Gasteiger partial charge in [0.15, 0.2) is 11.5 Å². The van der Waals surface area contributed by atoms with Crippen molar-refractivity contribution in [2.75, 3.05) is 13.3 Å². The highest BCUT2D eigenvalue weighted by Gasteiger charge is 2.27. The first kappa shape index (κ1) is 15.4. The van der Waals surface area contributed by atoms with Crippen LogP contribution in [0.1, 0.15) is 28.4 Å². The van der Waals surface area contributed by atoms with Gasteiger partial charge in [0.1, 0.15) is 5.60 Å². The fourth-order valence-corrected chi connectivity index (χ4v) is 2.51. The monoisotopic (exact) mass is 313 g/mol. The van der Waals surface area contributed by atoms with E-state index in [0.29, 0.717) is 22.6 Å². The molecule has 3 rings (SSSR count). The van der Waals surface area contributed by atoms with Crippen LogP contribution in [0.5, 0.6) is 11.5 Å². The fraction of sp³-hybridized carbons (Fsp3) is 0.278. The van der Waals surface area contributed by atoms with Gasteiger partial charge in [0.2, 0.25) is 6.79 Å². The number of aliphatic hydroxyl groups is 1. The molecule has 1 heterocycles. The van der Waals surface area contributed by atoms with E-state index < -0.39 is 5.60 Å². The number of nitrogens with one attached hydrogen (secondary N) is 1. The van der Waals surface area contributed by atoms with E-state index in [0.717, 1.165) is 5.56 Å². The molecular weight excluding hydrogens is 294 g/mol. The minimum absolute atomic E-state index is 0.0970. The Hall–Kier alpha value is -2.53. The molecule has 2 N–H and O–H groups in total. The van der Waals surface area contributed by atoms with Gasteiger partial charge in [0.05, 0.1) is 6.54 Å². The molecule has 0 fully saturated rings. The van der Waals surface area contributed by atoms with E-state index in [1.807, 2.05) is 25.1 Å². The van der Waals surface area contributed by atoms with Crippen LogP contribution in [0.2, 0.25) is 0 Å². The van der Waals surface area contributed by atoms with Crippen molar-refractivity contribution in [1.29, 1.82) is 0 Å². The van der Waals surface area contributed by atoms with Gasteiger partial charge in [0, 0.05) is 5.56 Å². The molecule has 0 spiro atoms. The molecule has 0 aliphatic carbocycles. The van der Waals surface area contributed by atoms with Crippen LogP contribution in [0.4, 0.5) is 0 Å². The number of aryl methyl sites for hydroxylation is 1. The molecule has 5 nitrogen and oxygen atoms in total. The molecule has 0 radical (unpaired) electrons. The molecule has 1 unspecified atom stereocenters. The van der Waals surface area contributed by atoms with Crippen LogP contribution in [0.25, 0.3) is 0 Å². The summed E-state index contributed by atoms with van der Waals surface area (Å²) in [6, 6.07) is 12.6. The van der Waals surface area contributed by atoms with Gasteiger partial charge in [-0.15, -0.1) is 0 Å². The molecule has 1 aliphatic heterocycles. The highest BCUT2D eigenvalue weighted by molar-refractivity contribution is 5.95. The van der Waals surface area contributed by atoms with Gasteiger partial charge in [-0.25, -0.2) is 0 Å². The number of hydrogen-bond acceptors (Lipinski definition) is 4. The highest BCUT2D eigenvalue weighted by Crippen LogP contribution is 2.35. The Kier molecular flexibility index (Phi) is 3.96. The number of rotatable bonds is 4. The van der Waals surface area contributed by atoms with Crippen molar-refractivity contribution in [2.45, 2.75) is 19.4 Å². The molecular formula is C18H19NO4. The second-order valence-corrected chi connectivity index (χ2v) is 5.84. The van der Waals surface area contributed by atoms with E-state index in [4.69, 9.17) is 9.47 Å². The molecule has 120 valence electrons. The van der Waals surface area contributed by atoms with Crippen molar-refractivity contribution in [3.05, 3.63) is 59.2 Å². The van der Waals surface area contributed by atoms with Crippen molar-refractivity contribution in [1.82, 2.24) is 5.32 Å². The number of fused-ring (bicyclic) bond motifs is 1. The van der Waals surface area contributed by atoms with Crippen molar-refractivity contribution >= 4 is 5.91 Å². The lowest BCUT2D eigenvalue weighted by Crippen LogP contribution is -2.38. The van der Waals surface area contributed by atoms with E-state index in [9.17, 15) is 9.90 Å². The molecule has 0 saturated heterocycles. The Balaban J connectivity index is 1.71. The van der Waals surface area contributed by atoms with Crippen LogP contribution in [-0.2, 0) is 5.60 Å². The summed E-state index contributed by atoms with van der Waals surface area (Å²) < 4.78 is 10.6. The van der Waals surface area contributed by atoms with Crippen LogP contribution in [-0.4, -0.2) is 24.4 Å². The second kappa shape index (κ2) is 5.93. The molecule has 2 aromatic rings. The Morgan fingerprint density at radius 3 is 2.74 bits per heavy atom. The first-order valence-electron chi connectivity index (χ1n) is 7.44. The average Bonchev–Trinajstić information content (AvgIpc) is 3.00. The topological polar surface area (TPSA) is 67.8 Å². The number of amides is 1. The zero-order chi connectivity index (χ0) is 16.4. The SMILES string of the molecule is Cc1ccccc1C(=O)NCC(C)(O)c1ccc2c(c1)OCO2. The van der Waals surface area contributed by atoms with Crippen molar-refractivity contribution in [3.8, 4) is 11.5 Å². The highest BCUT2D eigenvalue weighted by atomic mass is 16.7. The van der Waals surface area contributed by atoms with Gasteiger partial charge in [-0.1, -0.05) is 24.3 Å². The summed E-state index contributed by atoms with van der Waals surface area (Å²) in [4.78, 5) is 12.3. The zero-order valence-electron chi connectivity index (χ0n) is 13.1. The third-order valence-corrected chi connectivity index (χ3v) is 3.98. The smallest absolute Gasteiger partial charge is 0.251 e. The lowest BCUT2D eigenvalue weighted by atomic mass is 9.95. The summed E-state index contributed by atoms with van der Waals surface area (Å²) in [6.07, 6.45) is 0. The summed E-state index contributed by atoms with van der Waals surface area (Å²) >= 11 is 0. The van der Waals surface area contributed by atoms with E-state index in [2.05, 4.69) is 5.32 Å². The lowest BCUT2D eigenvalue weighted by Gasteiger charge is -2.24. The predicted molar refractivity (Wildman–Crippen MR) is 85.6 cm³/mol. The van der Waals surface area contributed by atoms with Crippen molar-refractivity contribution in [3.63, 3.8) is 0 Å². The lowest BCUT2D eigenvalue weighted by molar-refractivity contribution is 0.0524. The summed E-state index contributed by atoms with van der Waals surface area (Å²) in [5.41, 5.74) is 0.952. The van der Waals surface area contributed by atoms with Gasteiger partial charge in [0.25, 0.3) is 5.91 Å². The average molecular weight is 313 g/mol. The number of ether oxygens (including phenoxy) is 2. The summed E-state index contributed by atoms with van der Waals surface area (Å²) in [5, 5.41) is 13.5. The molecule has 23 heavy (non-hydrogen) atoms. The third kappa shape index (κ3) is 3.14. The Labute approximate surface area is 134 Å². The summed E-state index contributed by atoms with van der Waals surface area (Å²) in [5.74, 6) is 1.06. The molecule has 0 bridgehead atoms. The standard InChI is InChI=1S/C18H19NO4/c1-12-5-3-4-6-14(12)17(20)19-10-18(2,21)13-7-8-15-16(9-13)23-11-22-15/h3-9,21H,10-11H2,1-2H3,(H,19,20). The largest absolute Gasteiger partial charge is 0.454 e. The van der Waals surface area contributed by atoms with Crippen LogP contribution < -0.4 is 14.8 Å². The normalized spacial score (nSPS) is 15.1. The van der Waals surface area contributed by atoms with Crippen LogP contribution in [0.3, 0.4) is 0 Å². The maximum absolute atomic E-state index is 12.3. The number of benzene rings is 2. The zero-order valence-corrected chi connectivity index (χ0v) is 13.1. The number of carbonyl (C=O) groups is 1. The van der Waals surface area contributed by atoms with Gasteiger partial charge in [-0.2, -0.15) is 0 Å². The Morgan fingerprint density at radius 2 is 1.96 bits per heavy atom. The molecule has 1 amide bonds.